The van der Waals surface area contributed by atoms with Gasteiger partial charge in [0.15, 0.2) is 0 Å². The Hall–Kier alpha value is -4.93. The summed E-state index contributed by atoms with van der Waals surface area (Å²) in [7, 11) is 0. The van der Waals surface area contributed by atoms with Gasteiger partial charge in [-0.15, -0.1) is 6.42 Å². The van der Waals surface area contributed by atoms with Crippen LogP contribution in [-0.4, -0.2) is 44.9 Å². The molecule has 0 saturated carbocycles. The van der Waals surface area contributed by atoms with E-state index in [4.69, 9.17) is 6.42 Å². The monoisotopic (exact) mass is 529 g/mol. The molecule has 4 unspecified atom stereocenters. The van der Waals surface area contributed by atoms with Gasteiger partial charge in [-0.2, -0.15) is 0 Å². The van der Waals surface area contributed by atoms with E-state index in [-0.39, 0.29) is 13.0 Å². The van der Waals surface area contributed by atoms with E-state index < -0.39 is 41.2 Å². The van der Waals surface area contributed by atoms with Crippen LogP contribution in [0.1, 0.15) is 28.3 Å². The van der Waals surface area contributed by atoms with Crippen molar-refractivity contribution in [3.63, 3.8) is 0 Å². The Bertz CT molecular complexity index is 1680. The minimum absolute atomic E-state index is 0.0187. The molecule has 4 aromatic rings. The third kappa shape index (κ3) is 4.10. The van der Waals surface area contributed by atoms with Crippen molar-refractivity contribution in [2.45, 2.75) is 18.0 Å². The Morgan fingerprint density at radius 1 is 0.950 bits per heavy atom. The first-order chi connectivity index (χ1) is 19.4. The fraction of sp³-hybridized carbons (Fsp3) is 0.182. The van der Waals surface area contributed by atoms with Crippen LogP contribution in [0.4, 0.5) is 0 Å². The lowest BCUT2D eigenvalue weighted by atomic mass is 9.76. The maximum absolute atomic E-state index is 13.6. The lowest BCUT2D eigenvalue weighted by Gasteiger charge is -2.31. The van der Waals surface area contributed by atoms with Crippen LogP contribution >= 0.6 is 0 Å². The molecule has 2 aliphatic heterocycles. The lowest BCUT2D eigenvalue weighted by Crippen LogP contribution is -2.57. The van der Waals surface area contributed by atoms with E-state index in [9.17, 15) is 19.5 Å². The Labute approximate surface area is 231 Å². The highest BCUT2D eigenvalue weighted by atomic mass is 16.4. The Morgan fingerprint density at radius 2 is 1.62 bits per heavy atom. The van der Waals surface area contributed by atoms with Gasteiger partial charge in [0.2, 0.25) is 11.8 Å². The zero-order valence-electron chi connectivity index (χ0n) is 21.6. The highest BCUT2D eigenvalue weighted by Gasteiger charge is 2.68. The van der Waals surface area contributed by atoms with Crippen molar-refractivity contribution in [1.82, 2.24) is 15.2 Å². The number of likely N-dealkylation sites (tertiary alicyclic amines) is 1. The van der Waals surface area contributed by atoms with E-state index in [0.717, 1.165) is 38.1 Å². The third-order valence-corrected chi connectivity index (χ3v) is 8.08. The number of nitrogens with one attached hydrogen (secondary N) is 2. The SMILES string of the molecule is C#CCN1C(=O)C2C(c3ccc(/C=C/c4ccccc4)cc3)NC(Cc3c[nH]c4ccccc34)(C(=O)O)C2C1=O. The molecule has 2 fully saturated rings. The van der Waals surface area contributed by atoms with E-state index in [1.165, 1.54) is 0 Å². The Balaban J connectivity index is 1.39. The maximum Gasteiger partial charge on any atom is 0.325 e. The molecule has 7 nitrogen and oxygen atoms in total. The van der Waals surface area contributed by atoms with Crippen molar-refractivity contribution in [2.75, 3.05) is 6.54 Å². The number of hydrogen-bond acceptors (Lipinski definition) is 4. The Kier molecular flexibility index (Phi) is 6.33. The molecule has 0 aliphatic carbocycles. The summed E-state index contributed by atoms with van der Waals surface area (Å²) in [4.78, 5) is 44.5. The van der Waals surface area contributed by atoms with Gasteiger partial charge in [0, 0.05) is 29.6 Å². The molecule has 6 rings (SSSR count). The molecule has 7 heteroatoms. The number of benzene rings is 3. The number of aromatic nitrogens is 1. The van der Waals surface area contributed by atoms with E-state index in [1.807, 2.05) is 91.0 Å². The summed E-state index contributed by atoms with van der Waals surface area (Å²) in [6, 6.07) is 24.4. The summed E-state index contributed by atoms with van der Waals surface area (Å²) in [6.07, 6.45) is 11.3. The number of carbonyl (C=O) groups excluding carboxylic acids is 2. The standard InChI is InChI=1S/C33H27N3O4/c1-2-18-36-30(37)27-28(31(36)38)33(32(39)40,19-24-20-34-26-11-7-6-10-25(24)26)35-29(27)23-16-14-22(15-17-23)13-12-21-8-4-3-5-9-21/h1,3-17,20,27-29,34-35H,18-19H2,(H,39,40)/b13-12+. The minimum atomic E-state index is -1.71. The van der Waals surface area contributed by atoms with Gasteiger partial charge in [-0.25, -0.2) is 0 Å². The second-order valence-electron chi connectivity index (χ2n) is 10.3. The predicted molar refractivity (Wildman–Crippen MR) is 153 cm³/mol. The molecule has 2 saturated heterocycles. The number of H-pyrrole nitrogens is 1. The minimum Gasteiger partial charge on any atom is -0.480 e. The number of imide groups is 1. The average molecular weight is 530 g/mol. The summed E-state index contributed by atoms with van der Waals surface area (Å²) < 4.78 is 0. The Morgan fingerprint density at radius 3 is 2.33 bits per heavy atom. The lowest BCUT2D eigenvalue weighted by molar-refractivity contribution is -0.151. The van der Waals surface area contributed by atoms with Crippen LogP contribution in [0.15, 0.2) is 85.1 Å². The van der Waals surface area contributed by atoms with E-state index in [0.29, 0.717) is 0 Å². The molecule has 4 atom stereocenters. The fourth-order valence-corrected chi connectivity index (χ4v) is 6.18. The number of hydrogen-bond donors (Lipinski definition) is 3. The van der Waals surface area contributed by atoms with Crippen LogP contribution in [0.5, 0.6) is 0 Å². The topological polar surface area (TPSA) is 102 Å². The second kappa shape index (κ2) is 9.99. The normalized spacial score (nSPS) is 24.1. The quantitative estimate of drug-likeness (QED) is 0.188. The molecule has 3 aromatic carbocycles. The number of amides is 2. The zero-order valence-corrected chi connectivity index (χ0v) is 21.6. The smallest absolute Gasteiger partial charge is 0.325 e. The average Bonchev–Trinajstić information content (AvgIpc) is 3.62. The van der Waals surface area contributed by atoms with Crippen LogP contribution < -0.4 is 5.32 Å². The van der Waals surface area contributed by atoms with Crippen molar-refractivity contribution < 1.29 is 19.5 Å². The zero-order chi connectivity index (χ0) is 27.9. The van der Waals surface area contributed by atoms with Gasteiger partial charge < -0.3 is 10.1 Å². The van der Waals surface area contributed by atoms with Crippen LogP contribution in [0, 0.1) is 24.2 Å². The summed E-state index contributed by atoms with van der Waals surface area (Å²) in [5.74, 6) is -1.80. The molecule has 0 spiro atoms. The number of carboxylic acid groups (broad SMARTS) is 1. The van der Waals surface area contributed by atoms with Gasteiger partial charge in [0.1, 0.15) is 5.54 Å². The first kappa shape index (κ1) is 25.4. The van der Waals surface area contributed by atoms with Gasteiger partial charge >= 0.3 is 5.97 Å². The molecule has 3 N–H and O–H groups in total. The largest absolute Gasteiger partial charge is 0.480 e. The molecular weight excluding hydrogens is 502 g/mol. The number of fused-ring (bicyclic) bond motifs is 2. The number of carbonyl (C=O) groups is 3. The number of terminal acetylenes is 1. The summed E-state index contributed by atoms with van der Waals surface area (Å²) in [5.41, 5.74) is 2.67. The van der Waals surface area contributed by atoms with Crippen LogP contribution in [0.25, 0.3) is 23.1 Å². The molecule has 0 radical (unpaired) electrons. The van der Waals surface area contributed by atoms with Gasteiger partial charge in [-0.05, 0) is 28.3 Å². The fourth-order valence-electron chi connectivity index (χ4n) is 6.18. The highest BCUT2D eigenvalue weighted by molar-refractivity contribution is 6.09. The van der Waals surface area contributed by atoms with Crippen LogP contribution in [-0.2, 0) is 20.8 Å². The van der Waals surface area contributed by atoms with Crippen molar-refractivity contribution in [3.8, 4) is 12.3 Å². The third-order valence-electron chi connectivity index (χ3n) is 8.08. The highest BCUT2D eigenvalue weighted by Crippen LogP contribution is 2.50. The van der Waals surface area contributed by atoms with Crippen LogP contribution in [0.2, 0.25) is 0 Å². The first-order valence-electron chi connectivity index (χ1n) is 13.1. The van der Waals surface area contributed by atoms with Gasteiger partial charge in [-0.1, -0.05) is 90.9 Å². The number of para-hydroxylation sites is 1. The number of aliphatic carboxylic acids is 1. The van der Waals surface area contributed by atoms with E-state index in [1.54, 1.807) is 6.20 Å². The molecule has 0 bridgehead atoms. The molecule has 3 heterocycles. The number of rotatable bonds is 7. The van der Waals surface area contributed by atoms with Crippen molar-refractivity contribution in [1.29, 1.82) is 0 Å². The van der Waals surface area contributed by atoms with Crippen molar-refractivity contribution in [3.05, 3.63) is 107 Å². The molecule has 2 aliphatic rings. The van der Waals surface area contributed by atoms with Crippen molar-refractivity contribution >= 4 is 40.8 Å². The van der Waals surface area contributed by atoms with Crippen molar-refractivity contribution in [2.24, 2.45) is 11.8 Å². The number of aromatic amines is 1. The van der Waals surface area contributed by atoms with E-state index >= 15 is 0 Å². The van der Waals surface area contributed by atoms with Gasteiger partial charge in [-0.3, -0.25) is 24.6 Å². The molecule has 1 aromatic heterocycles. The van der Waals surface area contributed by atoms with Crippen LogP contribution in [0.3, 0.4) is 0 Å². The number of nitrogens with zero attached hydrogens (tertiary/aromatic N) is 1. The predicted octanol–water partition coefficient (Wildman–Crippen LogP) is 4.28. The number of carboxylic acids is 1. The summed E-state index contributed by atoms with van der Waals surface area (Å²) in [5, 5.41) is 14.8. The summed E-state index contributed by atoms with van der Waals surface area (Å²) >= 11 is 0. The second-order valence-corrected chi connectivity index (χ2v) is 10.3. The van der Waals surface area contributed by atoms with E-state index in [2.05, 4.69) is 16.2 Å². The molecular formula is C33H27N3O4. The maximum atomic E-state index is 13.6. The summed E-state index contributed by atoms with van der Waals surface area (Å²) in [6.45, 7) is -0.191. The molecule has 40 heavy (non-hydrogen) atoms. The van der Waals surface area contributed by atoms with Gasteiger partial charge in [0.05, 0.1) is 18.4 Å². The molecule has 2 amide bonds. The molecule has 198 valence electrons. The first-order valence-corrected chi connectivity index (χ1v) is 13.1. The van der Waals surface area contributed by atoms with Gasteiger partial charge in [0.25, 0.3) is 0 Å².